The van der Waals surface area contributed by atoms with Crippen LogP contribution in [0.3, 0.4) is 0 Å². The largest absolute Gasteiger partial charge is 0.283 e. The highest BCUT2D eigenvalue weighted by atomic mass is 32.1. The van der Waals surface area contributed by atoms with Crippen LogP contribution in [-0.2, 0) is 0 Å². The molecule has 2 amide bonds. The van der Waals surface area contributed by atoms with Crippen molar-refractivity contribution >= 4 is 23.3 Å². The number of nitrogens with one attached hydrogen (secondary N) is 2. The van der Waals surface area contributed by atoms with E-state index in [2.05, 4.69) is 20.4 Å². The number of aryl methyl sites for hydroxylation is 1. The monoisotopic (exact) mass is 280 g/mol. The van der Waals surface area contributed by atoms with Crippen molar-refractivity contribution in [2.24, 2.45) is 0 Å². The summed E-state index contributed by atoms with van der Waals surface area (Å²) in [5, 5.41) is 3.67. The summed E-state index contributed by atoms with van der Waals surface area (Å²) in [6, 6.07) is 5.47. The molecule has 0 aliphatic heterocycles. The number of rotatable bonds is 2. The van der Waals surface area contributed by atoms with Gasteiger partial charge in [0.15, 0.2) is 0 Å². The summed E-state index contributed by atoms with van der Waals surface area (Å²) in [5.41, 5.74) is 4.61. The van der Waals surface area contributed by atoms with E-state index in [1.54, 1.807) is 6.92 Å². The van der Waals surface area contributed by atoms with Gasteiger partial charge in [0.05, 0.1) is 11.3 Å². The molecule has 0 fully saturated rings. The van der Waals surface area contributed by atoms with E-state index in [-0.39, 0.29) is 10.4 Å². The third kappa shape index (κ3) is 2.91. The molecule has 1 heterocycles. The Morgan fingerprint density at radius 3 is 2.53 bits per heavy atom. The van der Waals surface area contributed by atoms with E-state index < -0.39 is 17.6 Å². The molecule has 0 aliphatic rings. The van der Waals surface area contributed by atoms with Crippen LogP contribution in [0.4, 0.5) is 4.39 Å². The second kappa shape index (κ2) is 5.53. The number of amides is 2. The van der Waals surface area contributed by atoms with E-state index in [9.17, 15) is 14.0 Å². The van der Waals surface area contributed by atoms with Crippen LogP contribution in [0.25, 0.3) is 0 Å². The zero-order chi connectivity index (χ0) is 13.8. The Kier molecular flexibility index (Phi) is 3.81. The van der Waals surface area contributed by atoms with Crippen molar-refractivity contribution in [2.45, 2.75) is 6.92 Å². The van der Waals surface area contributed by atoms with Crippen molar-refractivity contribution in [2.75, 3.05) is 0 Å². The molecule has 2 rings (SSSR count). The Morgan fingerprint density at radius 1 is 1.21 bits per heavy atom. The molecule has 1 aromatic heterocycles. The molecule has 6 nitrogen and oxygen atoms in total. The molecule has 2 aromatic rings. The molecule has 98 valence electrons. The fraction of sp³-hybridized carbons (Fsp3) is 0.0909. The van der Waals surface area contributed by atoms with Crippen molar-refractivity contribution < 1.29 is 14.0 Å². The number of aromatic nitrogens is 2. The predicted octanol–water partition coefficient (Wildman–Crippen LogP) is 1.06. The van der Waals surface area contributed by atoms with Crippen molar-refractivity contribution in [1.82, 2.24) is 20.4 Å². The van der Waals surface area contributed by atoms with E-state index in [4.69, 9.17) is 0 Å². The first-order valence-electron chi connectivity index (χ1n) is 5.23. The lowest BCUT2D eigenvalue weighted by atomic mass is 10.2. The van der Waals surface area contributed by atoms with Crippen LogP contribution in [-0.4, -0.2) is 21.4 Å². The average molecular weight is 280 g/mol. The normalized spacial score (nSPS) is 10.0. The SMILES string of the molecule is Cc1nnsc1C(=O)NNC(=O)c1ccccc1F. The maximum absolute atomic E-state index is 13.3. The minimum Gasteiger partial charge on any atom is -0.267 e. The fourth-order valence-corrected chi connectivity index (χ4v) is 1.87. The third-order valence-electron chi connectivity index (χ3n) is 2.27. The highest BCUT2D eigenvalue weighted by molar-refractivity contribution is 7.07. The molecule has 8 heteroatoms. The van der Waals surface area contributed by atoms with Gasteiger partial charge in [-0.1, -0.05) is 16.6 Å². The number of nitrogens with zero attached hydrogens (tertiary/aromatic N) is 2. The van der Waals surface area contributed by atoms with Gasteiger partial charge in [0.25, 0.3) is 11.8 Å². The number of hydrazine groups is 1. The van der Waals surface area contributed by atoms with Crippen LogP contribution >= 0.6 is 11.5 Å². The Hall–Kier alpha value is -2.35. The summed E-state index contributed by atoms with van der Waals surface area (Å²) in [5.74, 6) is -1.94. The van der Waals surface area contributed by atoms with Crippen LogP contribution in [0.2, 0.25) is 0 Å². The maximum atomic E-state index is 13.3. The van der Waals surface area contributed by atoms with E-state index in [0.29, 0.717) is 5.69 Å². The molecule has 0 saturated heterocycles. The number of carbonyl (C=O) groups is 2. The summed E-state index contributed by atoms with van der Waals surface area (Å²) in [7, 11) is 0. The molecule has 0 aliphatic carbocycles. The second-order valence-corrected chi connectivity index (χ2v) is 4.33. The lowest BCUT2D eigenvalue weighted by Gasteiger charge is -2.06. The molecule has 19 heavy (non-hydrogen) atoms. The van der Waals surface area contributed by atoms with Gasteiger partial charge >= 0.3 is 0 Å². The first-order chi connectivity index (χ1) is 9.09. The van der Waals surface area contributed by atoms with Crippen LogP contribution in [0.1, 0.15) is 25.7 Å². The van der Waals surface area contributed by atoms with Crippen LogP contribution in [0.5, 0.6) is 0 Å². The summed E-state index contributed by atoms with van der Waals surface area (Å²) in [6.07, 6.45) is 0. The Bertz CT molecular complexity index is 629. The zero-order valence-corrected chi connectivity index (χ0v) is 10.6. The van der Waals surface area contributed by atoms with E-state index in [1.165, 1.54) is 18.2 Å². The molecule has 0 atom stereocenters. The first kappa shape index (κ1) is 13.1. The molecule has 0 unspecified atom stereocenters. The molecule has 1 aromatic carbocycles. The lowest BCUT2D eigenvalue weighted by Crippen LogP contribution is -2.41. The van der Waals surface area contributed by atoms with Gasteiger partial charge in [-0.15, -0.1) is 5.10 Å². The number of benzene rings is 1. The van der Waals surface area contributed by atoms with Gasteiger partial charge in [0.1, 0.15) is 10.7 Å². The summed E-state index contributed by atoms with van der Waals surface area (Å²) >= 11 is 0.910. The highest BCUT2D eigenvalue weighted by Crippen LogP contribution is 2.08. The highest BCUT2D eigenvalue weighted by Gasteiger charge is 2.15. The summed E-state index contributed by atoms with van der Waals surface area (Å²) in [6.45, 7) is 1.62. The summed E-state index contributed by atoms with van der Waals surface area (Å²) in [4.78, 5) is 23.6. The third-order valence-corrected chi connectivity index (χ3v) is 3.09. The Morgan fingerprint density at radius 2 is 1.89 bits per heavy atom. The van der Waals surface area contributed by atoms with E-state index >= 15 is 0 Å². The number of hydrogen-bond donors (Lipinski definition) is 2. The maximum Gasteiger partial charge on any atom is 0.283 e. The van der Waals surface area contributed by atoms with Gasteiger partial charge in [-0.05, 0) is 30.6 Å². The van der Waals surface area contributed by atoms with Gasteiger partial charge in [0, 0.05) is 0 Å². The van der Waals surface area contributed by atoms with Crippen molar-refractivity contribution in [3.8, 4) is 0 Å². The molecule has 0 spiro atoms. The number of halogens is 1. The molecular formula is C11H9FN4O2S. The van der Waals surface area contributed by atoms with Gasteiger partial charge in [-0.2, -0.15) is 0 Å². The minimum atomic E-state index is -0.735. The smallest absolute Gasteiger partial charge is 0.267 e. The molecule has 0 radical (unpaired) electrons. The average Bonchev–Trinajstić information content (AvgIpc) is 2.82. The topological polar surface area (TPSA) is 84.0 Å². The molecule has 0 bridgehead atoms. The van der Waals surface area contributed by atoms with Gasteiger partial charge in [-0.25, -0.2) is 4.39 Å². The van der Waals surface area contributed by atoms with Crippen molar-refractivity contribution in [1.29, 1.82) is 0 Å². The molecular weight excluding hydrogens is 271 g/mol. The van der Waals surface area contributed by atoms with Crippen LogP contribution in [0.15, 0.2) is 24.3 Å². The van der Waals surface area contributed by atoms with Crippen LogP contribution < -0.4 is 10.9 Å². The Labute approximate surface area is 111 Å². The Balaban J connectivity index is 2.00. The van der Waals surface area contributed by atoms with Gasteiger partial charge in [0.2, 0.25) is 0 Å². The van der Waals surface area contributed by atoms with Crippen LogP contribution in [0, 0.1) is 12.7 Å². The first-order valence-corrected chi connectivity index (χ1v) is 6.01. The fourth-order valence-electron chi connectivity index (χ4n) is 1.32. The predicted molar refractivity (Wildman–Crippen MR) is 66.0 cm³/mol. The lowest BCUT2D eigenvalue weighted by molar-refractivity contribution is 0.0846. The number of hydrogen-bond acceptors (Lipinski definition) is 5. The van der Waals surface area contributed by atoms with Gasteiger partial charge < -0.3 is 0 Å². The van der Waals surface area contributed by atoms with Crippen molar-refractivity contribution in [3.05, 3.63) is 46.2 Å². The minimum absolute atomic E-state index is 0.151. The van der Waals surface area contributed by atoms with E-state index in [0.717, 1.165) is 17.6 Å². The second-order valence-electron chi connectivity index (χ2n) is 3.58. The van der Waals surface area contributed by atoms with E-state index in [1.807, 2.05) is 0 Å². The van der Waals surface area contributed by atoms with Gasteiger partial charge in [-0.3, -0.25) is 20.4 Å². The quantitative estimate of drug-likeness (QED) is 0.806. The zero-order valence-electron chi connectivity index (χ0n) is 9.81. The van der Waals surface area contributed by atoms with Crippen molar-refractivity contribution in [3.63, 3.8) is 0 Å². The summed E-state index contributed by atoms with van der Waals surface area (Å²) < 4.78 is 16.9. The number of carbonyl (C=O) groups excluding carboxylic acids is 2. The molecule has 0 saturated carbocycles. The standard InChI is InChI=1S/C11H9FN4O2S/c1-6-9(19-16-13-6)11(18)15-14-10(17)7-4-2-3-5-8(7)12/h2-5H,1H3,(H,14,17)(H,15,18). The molecule has 2 N–H and O–H groups in total.